The molecule has 0 aromatic rings. The fourth-order valence-electron chi connectivity index (χ4n) is 0.440. The van der Waals surface area contributed by atoms with E-state index in [0.29, 0.717) is 0 Å². The van der Waals surface area contributed by atoms with Crippen molar-refractivity contribution in [2.24, 2.45) is 0 Å². The van der Waals surface area contributed by atoms with Crippen LogP contribution in [0.1, 0.15) is 6.42 Å². The van der Waals surface area contributed by atoms with Crippen LogP contribution in [0.2, 0.25) is 5.28 Å². The van der Waals surface area contributed by atoms with Crippen LogP contribution in [0, 0.1) is 0 Å². The van der Waals surface area contributed by atoms with Gasteiger partial charge in [-0.3, -0.25) is 4.89 Å². The van der Waals surface area contributed by atoms with Crippen LogP contribution in [-0.2, 0) is 8.83 Å². The zero-order valence-corrected chi connectivity index (χ0v) is 5.06. The molecule has 0 N–H and O–H groups in total. The normalized spacial score (nSPS) is 22.7. The highest BCUT2D eigenvalue weighted by atomic mass is 27.1. The number of hydrogen-bond donors (Lipinski definition) is 0. The lowest BCUT2D eigenvalue weighted by Crippen LogP contribution is -2.08. The molecule has 1 fully saturated rings. The molecular weight excluding hydrogens is 95.0 g/mol. The maximum absolute atomic E-state index is 4.71. The second-order valence-corrected chi connectivity index (χ2v) is 2.70. The van der Waals surface area contributed by atoms with Crippen LogP contribution in [-0.4, -0.2) is 22.2 Å². The van der Waals surface area contributed by atoms with Crippen LogP contribution >= 0.6 is 0 Å². The van der Waals surface area contributed by atoms with Gasteiger partial charge in [-0.05, 0) is 6.42 Å². The summed E-state index contributed by atoms with van der Waals surface area (Å²) >= 11 is -0.214. The Morgan fingerprint density at radius 1 is 1.50 bits per heavy atom. The monoisotopic (exact) mass is 102 g/mol. The fourth-order valence-corrected chi connectivity index (χ4v) is 1.20. The molecule has 0 bridgehead atoms. The topological polar surface area (TPSA) is 18.5 Å². The fraction of sp³-hybridized carbons (Fsp3) is 1.00. The molecule has 0 saturated carbocycles. The molecule has 0 aliphatic carbocycles. The van der Waals surface area contributed by atoms with Gasteiger partial charge in [-0.2, -0.15) is 0 Å². The molecule has 3 heteroatoms. The van der Waals surface area contributed by atoms with Crippen molar-refractivity contribution in [3.05, 3.63) is 0 Å². The van der Waals surface area contributed by atoms with Gasteiger partial charge >= 0.3 is 15.6 Å². The quantitative estimate of drug-likeness (QED) is 0.319. The van der Waals surface area contributed by atoms with Crippen molar-refractivity contribution >= 4 is 15.6 Å². The van der Waals surface area contributed by atoms with Crippen molar-refractivity contribution in [1.82, 2.24) is 0 Å². The SMILES string of the molecule is C1CO[O][AlH][CH2]1. The predicted octanol–water partition coefficient (Wildman–Crippen LogP) is 0.108. The molecule has 0 atom stereocenters. The minimum atomic E-state index is -0.214. The number of hydrogen-bond acceptors (Lipinski definition) is 2. The minimum absolute atomic E-state index is 0.214. The summed E-state index contributed by atoms with van der Waals surface area (Å²) in [7, 11) is 0. The van der Waals surface area contributed by atoms with Crippen LogP contribution in [0.4, 0.5) is 0 Å². The van der Waals surface area contributed by atoms with Gasteiger partial charge in [0.25, 0.3) is 0 Å². The molecule has 0 aromatic carbocycles. The third-order valence-corrected chi connectivity index (χ3v) is 1.91. The van der Waals surface area contributed by atoms with Gasteiger partial charge in [-0.25, -0.2) is 0 Å². The van der Waals surface area contributed by atoms with E-state index in [1.165, 1.54) is 11.7 Å². The molecule has 1 heterocycles. The summed E-state index contributed by atoms with van der Waals surface area (Å²) in [5, 5.41) is 1.29. The molecule has 0 aromatic heterocycles. The lowest BCUT2D eigenvalue weighted by molar-refractivity contribution is -0.216. The van der Waals surface area contributed by atoms with E-state index in [2.05, 4.69) is 4.89 Å². The lowest BCUT2D eigenvalue weighted by Gasteiger charge is -2.07. The van der Waals surface area contributed by atoms with Gasteiger partial charge in [0.2, 0.25) is 0 Å². The van der Waals surface area contributed by atoms with E-state index in [-0.39, 0.29) is 15.6 Å². The lowest BCUT2D eigenvalue weighted by atomic mass is 10.5. The largest absolute Gasteiger partial charge is 0.487 e. The first-order chi connectivity index (χ1) is 3.00. The van der Waals surface area contributed by atoms with Crippen molar-refractivity contribution in [3.63, 3.8) is 0 Å². The van der Waals surface area contributed by atoms with Crippen LogP contribution < -0.4 is 0 Å². The smallest absolute Gasteiger partial charge is 0.377 e. The molecule has 34 valence electrons. The van der Waals surface area contributed by atoms with Crippen molar-refractivity contribution in [2.75, 3.05) is 6.61 Å². The summed E-state index contributed by atoms with van der Waals surface area (Å²) in [6, 6.07) is 0. The molecule has 1 rings (SSSR count). The van der Waals surface area contributed by atoms with Crippen LogP contribution in [0.5, 0.6) is 0 Å². The first-order valence-corrected chi connectivity index (χ1v) is 3.82. The Morgan fingerprint density at radius 3 is 2.67 bits per heavy atom. The molecule has 1 aliphatic heterocycles. The molecule has 0 unspecified atom stereocenters. The Morgan fingerprint density at radius 2 is 2.50 bits per heavy atom. The molecular formula is C3H7AlO2. The second-order valence-electron chi connectivity index (χ2n) is 1.35. The molecule has 1 aliphatic rings. The van der Waals surface area contributed by atoms with Crippen LogP contribution in [0.15, 0.2) is 0 Å². The molecule has 0 radical (unpaired) electrons. The first-order valence-electron chi connectivity index (χ1n) is 2.24. The van der Waals surface area contributed by atoms with E-state index in [1.807, 2.05) is 0 Å². The van der Waals surface area contributed by atoms with Gasteiger partial charge < -0.3 is 3.94 Å². The van der Waals surface area contributed by atoms with Crippen molar-refractivity contribution < 1.29 is 8.83 Å². The average Bonchev–Trinajstić information content (AvgIpc) is 1.72. The zero-order valence-electron chi connectivity index (χ0n) is 3.64. The summed E-state index contributed by atoms with van der Waals surface area (Å²) in [6.45, 7) is 0.812. The molecule has 6 heavy (non-hydrogen) atoms. The van der Waals surface area contributed by atoms with Gasteiger partial charge in [-0.1, -0.05) is 5.28 Å². The highest BCUT2D eigenvalue weighted by molar-refractivity contribution is 6.26. The average molecular weight is 102 g/mol. The van der Waals surface area contributed by atoms with Crippen molar-refractivity contribution in [1.29, 1.82) is 0 Å². The minimum Gasteiger partial charge on any atom is -0.377 e. The summed E-state index contributed by atoms with van der Waals surface area (Å²) in [5.74, 6) is 0. The zero-order chi connectivity index (χ0) is 4.24. The number of rotatable bonds is 0. The third kappa shape index (κ3) is 1.27. The van der Waals surface area contributed by atoms with Gasteiger partial charge in [0.1, 0.15) is 0 Å². The first kappa shape index (κ1) is 4.61. The molecule has 2 nitrogen and oxygen atoms in total. The van der Waals surface area contributed by atoms with Gasteiger partial charge in [0.05, 0.1) is 6.61 Å². The summed E-state index contributed by atoms with van der Waals surface area (Å²) in [6.07, 6.45) is 1.21. The van der Waals surface area contributed by atoms with E-state index in [1.54, 1.807) is 0 Å². The van der Waals surface area contributed by atoms with Gasteiger partial charge in [0, 0.05) is 0 Å². The van der Waals surface area contributed by atoms with Crippen molar-refractivity contribution in [3.8, 4) is 0 Å². The van der Waals surface area contributed by atoms with E-state index in [9.17, 15) is 0 Å². The van der Waals surface area contributed by atoms with E-state index in [0.717, 1.165) is 6.61 Å². The third-order valence-electron chi connectivity index (χ3n) is 0.789. The van der Waals surface area contributed by atoms with Crippen LogP contribution in [0.25, 0.3) is 0 Å². The van der Waals surface area contributed by atoms with E-state index in [4.69, 9.17) is 3.94 Å². The summed E-state index contributed by atoms with van der Waals surface area (Å²) in [4.78, 5) is 4.63. The van der Waals surface area contributed by atoms with Crippen LogP contribution in [0.3, 0.4) is 0 Å². The Bertz CT molecular complexity index is 24.3. The summed E-state index contributed by atoms with van der Waals surface area (Å²) in [5.41, 5.74) is 0. The van der Waals surface area contributed by atoms with Gasteiger partial charge in [0.15, 0.2) is 0 Å². The van der Waals surface area contributed by atoms with E-state index < -0.39 is 0 Å². The Hall–Kier alpha value is 0.452. The van der Waals surface area contributed by atoms with Gasteiger partial charge in [-0.15, -0.1) is 0 Å². The highest BCUT2D eigenvalue weighted by Crippen LogP contribution is 1.96. The summed E-state index contributed by atoms with van der Waals surface area (Å²) < 4.78 is 4.71. The van der Waals surface area contributed by atoms with E-state index >= 15 is 0 Å². The Balaban J connectivity index is 2.00. The molecule has 1 saturated heterocycles. The maximum Gasteiger partial charge on any atom is 0.487 e. The molecule has 0 amide bonds. The predicted molar refractivity (Wildman–Crippen MR) is 23.6 cm³/mol. The molecule has 0 spiro atoms. The highest BCUT2D eigenvalue weighted by Gasteiger charge is 2.01. The second kappa shape index (κ2) is 2.60. The standard InChI is InChI=1S/C3H7O2.Al.H/c1-2-3-5-4;;/h4H,1-3H2;;/q;+1;/p-1. The Kier molecular flexibility index (Phi) is 1.99. The maximum atomic E-state index is 4.71. The Labute approximate surface area is 43.4 Å². The van der Waals surface area contributed by atoms with Crippen molar-refractivity contribution in [2.45, 2.75) is 11.7 Å².